The monoisotopic (exact) mass is 489 g/mol. The first-order chi connectivity index (χ1) is 12.2. The highest BCUT2D eigenvalue weighted by molar-refractivity contribution is 14.0. The number of nitrogens with one attached hydrogen (secondary N) is 2. The molecule has 2 N–H and O–H groups in total. The van der Waals surface area contributed by atoms with Crippen LogP contribution < -0.4 is 10.6 Å². The number of hydrogen-bond acceptors (Lipinski definition) is 4. The first kappa shape index (κ1) is 23.3. The van der Waals surface area contributed by atoms with Gasteiger partial charge in [-0.1, -0.05) is 38.1 Å². The third-order valence-electron chi connectivity index (χ3n) is 3.88. The molecule has 0 aliphatic rings. The Labute approximate surface area is 177 Å². The molecule has 1 aromatic heterocycles. The lowest BCUT2D eigenvalue weighted by atomic mass is 9.97. The molecule has 1 heterocycles. The molecule has 0 spiro atoms. The summed E-state index contributed by atoms with van der Waals surface area (Å²) < 4.78 is 19.1. The quantitative estimate of drug-likeness (QED) is 0.373. The van der Waals surface area contributed by atoms with E-state index in [9.17, 15) is 4.39 Å². The average molecular weight is 489 g/mol. The Morgan fingerprint density at radius 2 is 2.04 bits per heavy atom. The lowest BCUT2D eigenvalue weighted by molar-refractivity contribution is 0.318. The summed E-state index contributed by atoms with van der Waals surface area (Å²) in [5, 5.41) is 10.4. The Hall–Kier alpha value is -1.71. The van der Waals surface area contributed by atoms with Gasteiger partial charge in [0, 0.05) is 12.0 Å². The van der Waals surface area contributed by atoms with Crippen LogP contribution in [0.4, 0.5) is 4.39 Å². The van der Waals surface area contributed by atoms with E-state index in [0.29, 0.717) is 36.3 Å². The smallest absolute Gasteiger partial charge is 0.232 e. The Balaban J connectivity index is 0.00000364. The van der Waals surface area contributed by atoms with Gasteiger partial charge in [0.25, 0.3) is 0 Å². The fourth-order valence-corrected chi connectivity index (χ4v) is 2.26. The Morgan fingerprint density at radius 3 is 2.59 bits per heavy atom. The maximum atomic E-state index is 13.8. The van der Waals surface area contributed by atoms with Crippen molar-refractivity contribution in [3.63, 3.8) is 0 Å². The van der Waals surface area contributed by atoms with Crippen molar-refractivity contribution in [2.24, 2.45) is 4.99 Å². The van der Waals surface area contributed by atoms with E-state index in [0.717, 1.165) is 5.56 Å². The van der Waals surface area contributed by atoms with Gasteiger partial charge in [-0.25, -0.2) is 9.38 Å². The fraction of sp³-hybridized carbons (Fsp3) is 0.526. The van der Waals surface area contributed by atoms with Crippen molar-refractivity contribution in [3.8, 4) is 0 Å². The van der Waals surface area contributed by atoms with Gasteiger partial charge in [0.05, 0.1) is 6.04 Å². The molecule has 0 saturated carbocycles. The molecule has 1 unspecified atom stereocenters. The van der Waals surface area contributed by atoms with Crippen LogP contribution >= 0.6 is 24.0 Å². The molecule has 0 fully saturated rings. The molecule has 0 radical (unpaired) electrons. The molecule has 8 heteroatoms. The predicted molar refractivity (Wildman–Crippen MR) is 116 cm³/mol. The molecule has 6 nitrogen and oxygen atoms in total. The maximum absolute atomic E-state index is 13.8. The van der Waals surface area contributed by atoms with Gasteiger partial charge in [-0.2, -0.15) is 4.98 Å². The molecule has 27 heavy (non-hydrogen) atoms. The predicted octanol–water partition coefficient (Wildman–Crippen LogP) is 4.25. The highest BCUT2D eigenvalue weighted by Gasteiger charge is 2.21. The van der Waals surface area contributed by atoms with Crippen molar-refractivity contribution in [3.05, 3.63) is 46.9 Å². The first-order valence-corrected chi connectivity index (χ1v) is 8.84. The van der Waals surface area contributed by atoms with Crippen molar-refractivity contribution >= 4 is 29.9 Å². The third kappa shape index (κ3) is 6.75. The van der Waals surface area contributed by atoms with Crippen LogP contribution in [0.3, 0.4) is 0 Å². The first-order valence-electron chi connectivity index (χ1n) is 8.84. The second-order valence-electron chi connectivity index (χ2n) is 7.34. The summed E-state index contributed by atoms with van der Waals surface area (Å²) in [6.45, 7) is 12.7. The van der Waals surface area contributed by atoms with Gasteiger partial charge in [0.2, 0.25) is 5.89 Å². The van der Waals surface area contributed by atoms with Crippen molar-refractivity contribution in [1.29, 1.82) is 0 Å². The van der Waals surface area contributed by atoms with Crippen LogP contribution in [0.5, 0.6) is 0 Å². The lowest BCUT2D eigenvalue weighted by Gasteiger charge is -2.18. The van der Waals surface area contributed by atoms with E-state index in [1.165, 1.54) is 0 Å². The molecule has 150 valence electrons. The molecule has 0 aliphatic carbocycles. The van der Waals surface area contributed by atoms with Crippen molar-refractivity contribution in [1.82, 2.24) is 20.8 Å². The minimum atomic E-state index is -0.209. The summed E-state index contributed by atoms with van der Waals surface area (Å²) in [6, 6.07) is 5.14. The molecule has 0 amide bonds. The summed E-state index contributed by atoms with van der Waals surface area (Å²) in [5.74, 6) is 1.52. The SMILES string of the molecule is CCNC(=NCc1noc(C(C)(C)C)n1)NC(C)c1ccc(C)c(F)c1.I. The van der Waals surface area contributed by atoms with Crippen LogP contribution in [0.25, 0.3) is 0 Å². The molecule has 0 saturated heterocycles. The third-order valence-corrected chi connectivity index (χ3v) is 3.88. The number of benzene rings is 1. The Kier molecular flexibility index (Phi) is 8.64. The molecule has 2 aromatic rings. The maximum Gasteiger partial charge on any atom is 0.232 e. The van der Waals surface area contributed by atoms with Crippen LogP contribution in [-0.4, -0.2) is 22.6 Å². The molecule has 1 atom stereocenters. The molecular formula is C19H29FIN5O. The van der Waals surface area contributed by atoms with Gasteiger partial charge >= 0.3 is 0 Å². The summed E-state index contributed by atoms with van der Waals surface area (Å²) >= 11 is 0. The zero-order valence-corrected chi connectivity index (χ0v) is 19.1. The minimum Gasteiger partial charge on any atom is -0.357 e. The highest BCUT2D eigenvalue weighted by Crippen LogP contribution is 2.20. The number of hydrogen-bond donors (Lipinski definition) is 2. The molecule has 1 aromatic carbocycles. The lowest BCUT2D eigenvalue weighted by Crippen LogP contribution is -2.38. The molecular weight excluding hydrogens is 460 g/mol. The molecule has 2 rings (SSSR count). The number of halogens is 2. The van der Waals surface area contributed by atoms with Crippen LogP contribution in [-0.2, 0) is 12.0 Å². The van der Waals surface area contributed by atoms with E-state index in [1.54, 1.807) is 19.1 Å². The topological polar surface area (TPSA) is 75.3 Å². The number of aryl methyl sites for hydroxylation is 1. The number of aliphatic imine (C=N–C) groups is 1. The van der Waals surface area contributed by atoms with Crippen molar-refractivity contribution in [2.75, 3.05) is 6.54 Å². The van der Waals surface area contributed by atoms with Crippen LogP contribution in [0.2, 0.25) is 0 Å². The number of aromatic nitrogens is 2. The van der Waals surface area contributed by atoms with Gasteiger partial charge in [-0.15, -0.1) is 24.0 Å². The van der Waals surface area contributed by atoms with E-state index in [4.69, 9.17) is 4.52 Å². The number of rotatable bonds is 5. The second-order valence-corrected chi connectivity index (χ2v) is 7.34. The summed E-state index contributed by atoms with van der Waals surface area (Å²) in [7, 11) is 0. The van der Waals surface area contributed by atoms with Crippen molar-refractivity contribution in [2.45, 2.75) is 59.5 Å². The number of guanidine groups is 1. The zero-order chi connectivity index (χ0) is 19.3. The zero-order valence-electron chi connectivity index (χ0n) is 16.8. The van der Waals surface area contributed by atoms with Crippen LogP contribution in [0, 0.1) is 12.7 Å². The van der Waals surface area contributed by atoms with Crippen molar-refractivity contribution < 1.29 is 8.91 Å². The summed E-state index contributed by atoms with van der Waals surface area (Å²) in [5.41, 5.74) is 1.29. The van der Waals surface area contributed by atoms with Gasteiger partial charge in [-0.3, -0.25) is 0 Å². The second kappa shape index (κ2) is 10.0. The van der Waals surface area contributed by atoms with E-state index >= 15 is 0 Å². The van der Waals surface area contributed by atoms with E-state index < -0.39 is 0 Å². The Morgan fingerprint density at radius 1 is 1.33 bits per heavy atom. The van der Waals surface area contributed by atoms with Gasteiger partial charge in [0.15, 0.2) is 11.8 Å². The van der Waals surface area contributed by atoms with Crippen LogP contribution in [0.1, 0.15) is 63.5 Å². The normalized spacial score (nSPS) is 13.1. The van der Waals surface area contributed by atoms with Gasteiger partial charge < -0.3 is 15.2 Å². The highest BCUT2D eigenvalue weighted by atomic mass is 127. The van der Waals surface area contributed by atoms with Gasteiger partial charge in [0.1, 0.15) is 12.4 Å². The average Bonchev–Trinajstić information content (AvgIpc) is 3.04. The van der Waals surface area contributed by atoms with Gasteiger partial charge in [-0.05, 0) is 38.0 Å². The summed E-state index contributed by atoms with van der Waals surface area (Å²) in [6.07, 6.45) is 0. The van der Waals surface area contributed by atoms with E-state index in [2.05, 4.69) is 25.8 Å². The van der Waals surface area contributed by atoms with E-state index in [1.807, 2.05) is 40.7 Å². The molecule has 0 aliphatic heterocycles. The minimum absolute atomic E-state index is 0. The van der Waals surface area contributed by atoms with E-state index in [-0.39, 0.29) is 41.3 Å². The van der Waals surface area contributed by atoms with Crippen LogP contribution in [0.15, 0.2) is 27.7 Å². The fourth-order valence-electron chi connectivity index (χ4n) is 2.26. The Bertz CT molecular complexity index is 770. The standard InChI is InChI=1S/C19H28FN5O.HI/c1-7-21-18(22-11-16-24-17(26-25-16)19(4,5)6)23-13(3)14-9-8-12(2)15(20)10-14;/h8-10,13H,7,11H2,1-6H3,(H2,21,22,23);1H. The largest absolute Gasteiger partial charge is 0.357 e. The summed E-state index contributed by atoms with van der Waals surface area (Å²) in [4.78, 5) is 8.88. The molecule has 0 bridgehead atoms. The number of nitrogens with zero attached hydrogens (tertiary/aromatic N) is 3.